The van der Waals surface area contributed by atoms with Crippen LogP contribution < -0.4 is 0 Å². The van der Waals surface area contributed by atoms with Crippen LogP contribution in [0.5, 0.6) is 0 Å². The summed E-state index contributed by atoms with van der Waals surface area (Å²) in [6.07, 6.45) is 11.8. The molecule has 18 heavy (non-hydrogen) atoms. The molecule has 2 fully saturated rings. The molecule has 2 aliphatic carbocycles. The number of likely N-dealkylation sites (N-methyl/N-ethyl adjacent to an activating group) is 1. The lowest BCUT2D eigenvalue weighted by molar-refractivity contribution is 0.0704. The molecule has 0 saturated heterocycles. The monoisotopic (exact) mass is 253 g/mol. The fourth-order valence-corrected chi connectivity index (χ4v) is 3.87. The van der Waals surface area contributed by atoms with Crippen LogP contribution in [0.15, 0.2) is 0 Å². The van der Waals surface area contributed by atoms with E-state index in [4.69, 9.17) is 0 Å². The molecule has 0 aliphatic heterocycles. The first kappa shape index (κ1) is 14.3. The van der Waals surface area contributed by atoms with Crippen molar-refractivity contribution in [3.05, 3.63) is 0 Å². The molecule has 2 heteroatoms. The lowest BCUT2D eigenvalue weighted by atomic mass is 9.86. The highest BCUT2D eigenvalue weighted by atomic mass is 16.3. The number of aliphatic hydroxyl groups excluding tert-OH is 1. The summed E-state index contributed by atoms with van der Waals surface area (Å²) in [5.41, 5.74) is 0. The molecule has 2 rings (SSSR count). The van der Waals surface area contributed by atoms with Gasteiger partial charge in [-0.2, -0.15) is 0 Å². The summed E-state index contributed by atoms with van der Waals surface area (Å²) in [5.74, 6) is 1.72. The van der Waals surface area contributed by atoms with Crippen molar-refractivity contribution in [3.63, 3.8) is 0 Å². The second-order valence-corrected chi connectivity index (χ2v) is 6.89. The zero-order valence-electron chi connectivity index (χ0n) is 12.3. The Morgan fingerprint density at radius 1 is 1.06 bits per heavy atom. The highest BCUT2D eigenvalue weighted by Gasteiger charge is 2.24. The van der Waals surface area contributed by atoms with Crippen LogP contribution in [0.4, 0.5) is 0 Å². The average molecular weight is 253 g/mol. The fourth-order valence-electron chi connectivity index (χ4n) is 3.87. The summed E-state index contributed by atoms with van der Waals surface area (Å²) >= 11 is 0. The molecule has 2 aliphatic rings. The van der Waals surface area contributed by atoms with Crippen LogP contribution in [0.2, 0.25) is 0 Å². The minimum Gasteiger partial charge on any atom is -0.392 e. The number of hydrogen-bond donors (Lipinski definition) is 1. The Hall–Kier alpha value is -0.0800. The maximum absolute atomic E-state index is 10.2. The molecule has 1 unspecified atom stereocenters. The third-order valence-corrected chi connectivity index (χ3v) is 5.19. The standard InChI is InChI=1S/C16H31NO/c1-13-7-9-15(10-8-13)17(2)12-16(18)11-14-5-3-4-6-14/h13-16,18H,3-12H2,1-2H3. The van der Waals surface area contributed by atoms with Gasteiger partial charge in [0, 0.05) is 12.6 Å². The number of nitrogens with zero attached hydrogens (tertiary/aromatic N) is 1. The van der Waals surface area contributed by atoms with Crippen molar-refractivity contribution in [1.82, 2.24) is 4.90 Å². The molecule has 0 aromatic rings. The van der Waals surface area contributed by atoms with Gasteiger partial charge in [0.1, 0.15) is 0 Å². The summed E-state index contributed by atoms with van der Waals surface area (Å²) in [4.78, 5) is 2.42. The topological polar surface area (TPSA) is 23.5 Å². The van der Waals surface area contributed by atoms with Gasteiger partial charge in [-0.25, -0.2) is 0 Å². The summed E-state index contributed by atoms with van der Waals surface area (Å²) in [7, 11) is 2.21. The molecule has 2 nitrogen and oxygen atoms in total. The van der Waals surface area contributed by atoms with E-state index in [1.807, 2.05) is 0 Å². The molecule has 1 atom stereocenters. The summed E-state index contributed by atoms with van der Waals surface area (Å²) in [6.45, 7) is 3.25. The normalized spacial score (nSPS) is 32.0. The quantitative estimate of drug-likeness (QED) is 0.811. The van der Waals surface area contributed by atoms with E-state index in [2.05, 4.69) is 18.9 Å². The van der Waals surface area contributed by atoms with E-state index in [-0.39, 0.29) is 6.10 Å². The average Bonchev–Trinajstić information content (AvgIpc) is 2.82. The largest absolute Gasteiger partial charge is 0.392 e. The predicted molar refractivity (Wildman–Crippen MR) is 76.6 cm³/mol. The SMILES string of the molecule is CC1CCC(N(C)CC(O)CC2CCCC2)CC1. The van der Waals surface area contributed by atoms with Crippen molar-refractivity contribution in [2.24, 2.45) is 11.8 Å². The van der Waals surface area contributed by atoms with Crippen LogP contribution in [-0.4, -0.2) is 35.7 Å². The highest BCUT2D eigenvalue weighted by Crippen LogP contribution is 2.30. The van der Waals surface area contributed by atoms with Gasteiger partial charge in [-0.3, -0.25) is 0 Å². The summed E-state index contributed by atoms with van der Waals surface area (Å²) in [5, 5.41) is 10.2. The first-order valence-corrected chi connectivity index (χ1v) is 8.03. The first-order chi connectivity index (χ1) is 8.65. The van der Waals surface area contributed by atoms with Gasteiger partial charge in [-0.05, 0) is 51.0 Å². The highest BCUT2D eigenvalue weighted by molar-refractivity contribution is 4.79. The van der Waals surface area contributed by atoms with Crippen LogP contribution in [0.1, 0.15) is 64.7 Å². The number of rotatable bonds is 5. The Morgan fingerprint density at radius 2 is 1.67 bits per heavy atom. The van der Waals surface area contributed by atoms with Crippen molar-refractivity contribution < 1.29 is 5.11 Å². The van der Waals surface area contributed by atoms with Gasteiger partial charge >= 0.3 is 0 Å². The first-order valence-electron chi connectivity index (χ1n) is 8.03. The smallest absolute Gasteiger partial charge is 0.0669 e. The zero-order chi connectivity index (χ0) is 13.0. The number of aliphatic hydroxyl groups is 1. The van der Waals surface area contributed by atoms with Gasteiger partial charge in [-0.1, -0.05) is 32.6 Å². The molecule has 0 aromatic heterocycles. The van der Waals surface area contributed by atoms with E-state index in [0.717, 1.165) is 30.8 Å². The van der Waals surface area contributed by atoms with E-state index in [1.54, 1.807) is 0 Å². The van der Waals surface area contributed by atoms with Gasteiger partial charge in [0.15, 0.2) is 0 Å². The van der Waals surface area contributed by atoms with Crippen LogP contribution in [0.25, 0.3) is 0 Å². The predicted octanol–water partition coefficient (Wildman–Crippen LogP) is 3.44. The van der Waals surface area contributed by atoms with Crippen LogP contribution in [0, 0.1) is 11.8 Å². The van der Waals surface area contributed by atoms with Gasteiger partial charge in [0.05, 0.1) is 6.10 Å². The van der Waals surface area contributed by atoms with Crippen LogP contribution in [-0.2, 0) is 0 Å². The molecule has 106 valence electrons. The van der Waals surface area contributed by atoms with E-state index in [1.165, 1.54) is 51.4 Å². The van der Waals surface area contributed by atoms with Gasteiger partial charge in [0.2, 0.25) is 0 Å². The maximum Gasteiger partial charge on any atom is 0.0669 e. The third-order valence-electron chi connectivity index (χ3n) is 5.19. The molecule has 1 N–H and O–H groups in total. The number of hydrogen-bond acceptors (Lipinski definition) is 2. The molecule has 0 amide bonds. The van der Waals surface area contributed by atoms with Crippen molar-refractivity contribution in [2.45, 2.75) is 76.9 Å². The Labute approximate surface area is 113 Å². The Morgan fingerprint density at radius 3 is 2.28 bits per heavy atom. The second-order valence-electron chi connectivity index (χ2n) is 6.89. The van der Waals surface area contributed by atoms with Gasteiger partial charge in [-0.15, -0.1) is 0 Å². The minimum absolute atomic E-state index is 0.0996. The van der Waals surface area contributed by atoms with E-state index in [0.29, 0.717) is 0 Å². The molecule has 2 saturated carbocycles. The lowest BCUT2D eigenvalue weighted by Gasteiger charge is -2.35. The van der Waals surface area contributed by atoms with Crippen molar-refractivity contribution >= 4 is 0 Å². The zero-order valence-corrected chi connectivity index (χ0v) is 12.3. The lowest BCUT2D eigenvalue weighted by Crippen LogP contribution is -2.40. The van der Waals surface area contributed by atoms with E-state index < -0.39 is 0 Å². The summed E-state index contributed by atoms with van der Waals surface area (Å²) in [6, 6.07) is 0.722. The second kappa shape index (κ2) is 6.91. The molecular weight excluding hydrogens is 222 g/mol. The Kier molecular flexibility index (Phi) is 5.50. The van der Waals surface area contributed by atoms with Crippen LogP contribution >= 0.6 is 0 Å². The van der Waals surface area contributed by atoms with Crippen molar-refractivity contribution in [3.8, 4) is 0 Å². The Bertz CT molecular complexity index is 229. The van der Waals surface area contributed by atoms with Crippen LogP contribution in [0.3, 0.4) is 0 Å². The molecule has 0 heterocycles. The molecular formula is C16H31NO. The van der Waals surface area contributed by atoms with Gasteiger partial charge < -0.3 is 10.0 Å². The van der Waals surface area contributed by atoms with E-state index in [9.17, 15) is 5.11 Å². The molecule has 0 radical (unpaired) electrons. The molecule has 0 bridgehead atoms. The van der Waals surface area contributed by atoms with Crippen molar-refractivity contribution in [2.75, 3.05) is 13.6 Å². The maximum atomic E-state index is 10.2. The van der Waals surface area contributed by atoms with Gasteiger partial charge in [0.25, 0.3) is 0 Å². The van der Waals surface area contributed by atoms with Crippen molar-refractivity contribution in [1.29, 1.82) is 0 Å². The fraction of sp³-hybridized carbons (Fsp3) is 1.00. The molecule has 0 aromatic carbocycles. The minimum atomic E-state index is -0.0996. The van der Waals surface area contributed by atoms with E-state index >= 15 is 0 Å². The third kappa shape index (κ3) is 4.24. The molecule has 0 spiro atoms. The Balaban J connectivity index is 1.67. The summed E-state index contributed by atoms with van der Waals surface area (Å²) < 4.78 is 0.